The molecule has 5 heteroatoms. The van der Waals surface area contributed by atoms with Crippen molar-refractivity contribution < 1.29 is 19.4 Å². The molecule has 0 saturated heterocycles. The zero-order valence-electron chi connectivity index (χ0n) is 11.1. The van der Waals surface area contributed by atoms with Crippen LogP contribution in [0.1, 0.15) is 37.6 Å². The summed E-state index contributed by atoms with van der Waals surface area (Å²) < 4.78 is 6.24. The molecule has 19 heavy (non-hydrogen) atoms. The molecule has 0 radical (unpaired) electrons. The number of rotatable bonds is 6. The molecule has 0 unspecified atom stereocenters. The topological polar surface area (TPSA) is 63.6 Å². The van der Waals surface area contributed by atoms with Crippen molar-refractivity contribution in [1.82, 2.24) is 0 Å². The molecule has 0 saturated carbocycles. The average Bonchev–Trinajstić information content (AvgIpc) is 2.29. The fourth-order valence-electron chi connectivity index (χ4n) is 1.66. The minimum Gasteiger partial charge on any atom is -0.479 e. The Kier molecular flexibility index (Phi) is 5.54. The van der Waals surface area contributed by atoms with Gasteiger partial charge in [-0.1, -0.05) is 29.8 Å². The van der Waals surface area contributed by atoms with E-state index in [-0.39, 0.29) is 11.7 Å². The molecule has 0 aromatic heterocycles. The van der Waals surface area contributed by atoms with Gasteiger partial charge in [-0.25, -0.2) is 4.79 Å². The first-order valence-electron chi connectivity index (χ1n) is 6.01. The van der Waals surface area contributed by atoms with Crippen molar-refractivity contribution in [3.8, 4) is 5.75 Å². The van der Waals surface area contributed by atoms with Crippen molar-refractivity contribution >= 4 is 27.7 Å². The summed E-state index contributed by atoms with van der Waals surface area (Å²) in [5, 5.41) is 9.15. The maximum atomic E-state index is 11.5. The summed E-state index contributed by atoms with van der Waals surface area (Å²) in [7, 11) is 0. The van der Waals surface area contributed by atoms with Crippen molar-refractivity contribution in [1.29, 1.82) is 0 Å². The lowest BCUT2D eigenvalue weighted by Crippen LogP contribution is -2.29. The van der Waals surface area contributed by atoms with Crippen molar-refractivity contribution in [2.75, 3.05) is 0 Å². The highest BCUT2D eigenvalue weighted by molar-refractivity contribution is 9.10. The van der Waals surface area contributed by atoms with E-state index in [0.717, 1.165) is 4.47 Å². The van der Waals surface area contributed by atoms with Crippen LogP contribution in [0.15, 0.2) is 22.7 Å². The van der Waals surface area contributed by atoms with Gasteiger partial charge in [-0.15, -0.1) is 0 Å². The van der Waals surface area contributed by atoms with E-state index in [9.17, 15) is 9.59 Å². The number of Topliss-reactive ketones (excluding diaryl/α,β-unsaturated/α-hetero) is 1. The van der Waals surface area contributed by atoms with E-state index in [1.807, 2.05) is 13.8 Å². The number of benzene rings is 1. The molecule has 0 aliphatic carbocycles. The molecule has 0 amide bonds. The highest BCUT2D eigenvalue weighted by atomic mass is 79.9. The fraction of sp³-hybridized carbons (Fsp3) is 0.429. The molecule has 0 aliphatic rings. The van der Waals surface area contributed by atoms with Gasteiger partial charge >= 0.3 is 5.97 Å². The lowest BCUT2D eigenvalue weighted by atomic mass is 10.1. The number of hydrogen-bond acceptors (Lipinski definition) is 3. The maximum absolute atomic E-state index is 11.5. The minimum absolute atomic E-state index is 0.162. The first-order chi connectivity index (χ1) is 8.81. The molecule has 4 nitrogen and oxygen atoms in total. The number of ketones is 1. The molecule has 0 bridgehead atoms. The number of halogens is 1. The Hall–Kier alpha value is -1.36. The summed E-state index contributed by atoms with van der Waals surface area (Å²) in [5.74, 6) is -0.683. The Morgan fingerprint density at radius 2 is 2.00 bits per heavy atom. The van der Waals surface area contributed by atoms with Gasteiger partial charge in [0.25, 0.3) is 0 Å². The van der Waals surface area contributed by atoms with Crippen molar-refractivity contribution in [3.05, 3.63) is 28.2 Å². The Morgan fingerprint density at radius 1 is 1.37 bits per heavy atom. The SMILES string of the molecule is CC(=O)c1cc(Br)ccc1O[C@H](CC(C)C)C(=O)O. The van der Waals surface area contributed by atoms with Crippen LogP contribution in [0.3, 0.4) is 0 Å². The largest absolute Gasteiger partial charge is 0.479 e. The molecule has 1 aromatic carbocycles. The maximum Gasteiger partial charge on any atom is 0.344 e. The highest BCUT2D eigenvalue weighted by Gasteiger charge is 2.22. The number of carboxylic acids is 1. The first-order valence-corrected chi connectivity index (χ1v) is 6.80. The molecule has 0 fully saturated rings. The van der Waals surface area contributed by atoms with Gasteiger partial charge in [0.05, 0.1) is 5.56 Å². The van der Waals surface area contributed by atoms with E-state index < -0.39 is 12.1 Å². The summed E-state index contributed by atoms with van der Waals surface area (Å²) in [5.41, 5.74) is 0.379. The van der Waals surface area contributed by atoms with Gasteiger partial charge in [-0.3, -0.25) is 4.79 Å². The Bertz CT molecular complexity index is 482. The summed E-state index contributed by atoms with van der Waals surface area (Å²) in [4.78, 5) is 22.7. The van der Waals surface area contributed by atoms with Crippen molar-refractivity contribution in [3.63, 3.8) is 0 Å². The molecule has 0 spiro atoms. The second-order valence-electron chi connectivity index (χ2n) is 4.77. The van der Waals surface area contributed by atoms with E-state index in [1.165, 1.54) is 6.92 Å². The molecule has 0 aliphatic heterocycles. The van der Waals surface area contributed by atoms with Gasteiger partial charge in [0.1, 0.15) is 5.75 Å². The molecule has 0 heterocycles. The molecular weight excluding hydrogens is 312 g/mol. The third-order valence-corrected chi connectivity index (χ3v) is 3.04. The zero-order valence-corrected chi connectivity index (χ0v) is 12.7. The zero-order chi connectivity index (χ0) is 14.6. The normalized spacial score (nSPS) is 12.3. The monoisotopic (exact) mass is 328 g/mol. The van der Waals surface area contributed by atoms with Crippen molar-refractivity contribution in [2.24, 2.45) is 5.92 Å². The standard InChI is InChI=1S/C14H17BrO4/c1-8(2)6-13(14(17)18)19-12-5-4-10(15)7-11(12)9(3)16/h4-5,7-8,13H,6H2,1-3H3,(H,17,18)/t13-/m1/s1. The van der Waals surface area contributed by atoms with E-state index in [0.29, 0.717) is 17.7 Å². The number of carbonyl (C=O) groups is 2. The average molecular weight is 329 g/mol. The summed E-state index contributed by atoms with van der Waals surface area (Å²) in [6.45, 7) is 5.27. The van der Waals surface area contributed by atoms with E-state index in [2.05, 4.69) is 15.9 Å². The van der Waals surface area contributed by atoms with Crippen LogP contribution in [-0.2, 0) is 4.79 Å². The van der Waals surface area contributed by atoms with Crippen LogP contribution in [0, 0.1) is 5.92 Å². The van der Waals surface area contributed by atoms with Crippen LogP contribution in [0.2, 0.25) is 0 Å². The molecule has 1 atom stereocenters. The van der Waals surface area contributed by atoms with Gasteiger partial charge in [0, 0.05) is 4.47 Å². The van der Waals surface area contributed by atoms with Crippen LogP contribution in [0.25, 0.3) is 0 Å². The predicted octanol–water partition coefficient (Wildman–Crippen LogP) is 3.53. The van der Waals surface area contributed by atoms with Crippen LogP contribution in [0.5, 0.6) is 5.75 Å². The third-order valence-electron chi connectivity index (χ3n) is 2.55. The fourth-order valence-corrected chi connectivity index (χ4v) is 2.02. The van der Waals surface area contributed by atoms with E-state index in [1.54, 1.807) is 18.2 Å². The lowest BCUT2D eigenvalue weighted by molar-refractivity contribution is -0.145. The number of ether oxygens (including phenoxy) is 1. The second-order valence-corrected chi connectivity index (χ2v) is 5.69. The van der Waals surface area contributed by atoms with Crippen LogP contribution < -0.4 is 4.74 Å². The summed E-state index contributed by atoms with van der Waals surface area (Å²) >= 11 is 3.28. The van der Waals surface area contributed by atoms with Gasteiger partial charge in [0.2, 0.25) is 0 Å². The molecule has 1 N–H and O–H groups in total. The van der Waals surface area contributed by atoms with Crippen LogP contribution in [0.4, 0.5) is 0 Å². The summed E-state index contributed by atoms with van der Waals surface area (Å²) in [6, 6.07) is 4.96. The van der Waals surface area contributed by atoms with E-state index >= 15 is 0 Å². The van der Waals surface area contributed by atoms with Gasteiger partial charge in [0.15, 0.2) is 11.9 Å². The Morgan fingerprint density at radius 3 is 2.47 bits per heavy atom. The third kappa shape index (κ3) is 4.67. The minimum atomic E-state index is -1.02. The predicted molar refractivity (Wildman–Crippen MR) is 75.7 cm³/mol. The van der Waals surface area contributed by atoms with Gasteiger partial charge in [-0.05, 0) is 37.5 Å². The molecule has 1 rings (SSSR count). The molecular formula is C14H17BrO4. The Balaban J connectivity index is 3.02. The quantitative estimate of drug-likeness (QED) is 0.811. The van der Waals surface area contributed by atoms with Crippen molar-refractivity contribution in [2.45, 2.75) is 33.3 Å². The lowest BCUT2D eigenvalue weighted by Gasteiger charge is -2.18. The number of carboxylic acid groups (broad SMARTS) is 1. The number of carbonyl (C=O) groups excluding carboxylic acids is 1. The van der Waals surface area contributed by atoms with Crippen LogP contribution in [-0.4, -0.2) is 23.0 Å². The molecule has 104 valence electrons. The van der Waals surface area contributed by atoms with E-state index in [4.69, 9.17) is 9.84 Å². The Labute approximate surface area is 120 Å². The number of aliphatic carboxylic acids is 1. The highest BCUT2D eigenvalue weighted by Crippen LogP contribution is 2.26. The first kappa shape index (κ1) is 15.7. The summed E-state index contributed by atoms with van der Waals surface area (Å²) in [6.07, 6.45) is -0.554. The van der Waals surface area contributed by atoms with Crippen LogP contribution >= 0.6 is 15.9 Å². The smallest absolute Gasteiger partial charge is 0.344 e. The number of hydrogen-bond donors (Lipinski definition) is 1. The van der Waals surface area contributed by atoms with Gasteiger partial charge < -0.3 is 9.84 Å². The van der Waals surface area contributed by atoms with Gasteiger partial charge in [-0.2, -0.15) is 0 Å². The molecule has 1 aromatic rings. The second kappa shape index (κ2) is 6.70.